The van der Waals surface area contributed by atoms with Crippen LogP contribution in [0.5, 0.6) is 0 Å². The van der Waals surface area contributed by atoms with Crippen molar-refractivity contribution in [1.82, 2.24) is 14.8 Å². The summed E-state index contributed by atoms with van der Waals surface area (Å²) in [7, 11) is 0. The maximum atomic E-state index is 12.5. The molecule has 1 N–H and O–H groups in total. The Hall–Kier alpha value is -2.70. The number of aromatic amines is 1. The van der Waals surface area contributed by atoms with E-state index in [1.165, 1.54) is 18.2 Å². The summed E-state index contributed by atoms with van der Waals surface area (Å²) in [5.74, 6) is -0.273. The Morgan fingerprint density at radius 2 is 1.75 bits per heavy atom. The Morgan fingerprint density at radius 1 is 1.04 bits per heavy atom. The maximum absolute atomic E-state index is 12.5. The van der Waals surface area contributed by atoms with E-state index in [1.54, 1.807) is 24.3 Å². The van der Waals surface area contributed by atoms with Crippen LogP contribution in [-0.4, -0.2) is 20.5 Å². The molecule has 0 saturated carbocycles. The van der Waals surface area contributed by atoms with Gasteiger partial charge in [0.05, 0.1) is 10.7 Å². The molecule has 0 bridgehead atoms. The minimum absolute atomic E-state index is 0.160. The lowest BCUT2D eigenvalue weighted by Gasteiger charge is -2.07. The molecule has 120 valence electrons. The highest BCUT2D eigenvalue weighted by atomic mass is 35.5. The zero-order valence-corrected chi connectivity index (χ0v) is 13.5. The van der Waals surface area contributed by atoms with Crippen LogP contribution in [0.3, 0.4) is 0 Å². The fraction of sp³-hybridized carbons (Fsp3) is 0. The monoisotopic (exact) mass is 361 g/mol. The minimum Gasteiger partial charge on any atom is -0.289 e. The van der Waals surface area contributed by atoms with E-state index in [0.717, 1.165) is 10.9 Å². The lowest BCUT2D eigenvalue weighted by atomic mass is 10.0. The van der Waals surface area contributed by atoms with E-state index in [9.17, 15) is 14.4 Å². The van der Waals surface area contributed by atoms with Gasteiger partial charge in [0.15, 0.2) is 5.78 Å². The van der Waals surface area contributed by atoms with Crippen LogP contribution in [0.1, 0.15) is 15.9 Å². The fourth-order valence-electron chi connectivity index (χ4n) is 2.11. The van der Waals surface area contributed by atoms with Gasteiger partial charge in [-0.3, -0.25) is 14.6 Å². The maximum Gasteiger partial charge on any atom is 0.349 e. The number of ketones is 1. The molecular formula is C16H9Cl2N3O3. The van der Waals surface area contributed by atoms with Crippen LogP contribution in [0.15, 0.2) is 58.3 Å². The average molecular weight is 362 g/mol. The second-order valence-electron chi connectivity index (χ2n) is 4.85. The van der Waals surface area contributed by atoms with Gasteiger partial charge in [0, 0.05) is 16.1 Å². The number of benzene rings is 2. The van der Waals surface area contributed by atoms with Gasteiger partial charge in [0.1, 0.15) is 6.20 Å². The first-order valence-corrected chi connectivity index (χ1v) is 7.50. The van der Waals surface area contributed by atoms with Gasteiger partial charge in [0.2, 0.25) is 0 Å². The molecule has 0 amide bonds. The molecule has 0 aliphatic heterocycles. The summed E-state index contributed by atoms with van der Waals surface area (Å²) in [5.41, 5.74) is -0.255. The molecule has 0 spiro atoms. The van der Waals surface area contributed by atoms with Gasteiger partial charge < -0.3 is 0 Å². The van der Waals surface area contributed by atoms with Crippen molar-refractivity contribution in [2.45, 2.75) is 0 Å². The zero-order chi connectivity index (χ0) is 17.3. The molecule has 3 aromatic rings. The molecule has 0 saturated heterocycles. The number of carbonyl (C=O) groups excluding carboxylic acids is 1. The molecule has 0 unspecified atom stereocenters. The molecule has 2 aromatic carbocycles. The number of rotatable bonds is 3. The number of aromatic nitrogens is 3. The van der Waals surface area contributed by atoms with Gasteiger partial charge in [-0.25, -0.2) is 4.79 Å². The first-order chi connectivity index (χ1) is 11.5. The highest BCUT2D eigenvalue weighted by Crippen LogP contribution is 2.23. The fourth-order valence-corrected chi connectivity index (χ4v) is 2.50. The molecule has 1 heterocycles. The van der Waals surface area contributed by atoms with E-state index in [-0.39, 0.29) is 16.4 Å². The molecule has 0 radical (unpaired) electrons. The van der Waals surface area contributed by atoms with Crippen LogP contribution in [0.4, 0.5) is 0 Å². The summed E-state index contributed by atoms with van der Waals surface area (Å²) in [6, 6.07) is 10.9. The number of hydrogen-bond donors (Lipinski definition) is 1. The van der Waals surface area contributed by atoms with E-state index in [4.69, 9.17) is 23.2 Å². The van der Waals surface area contributed by atoms with E-state index in [0.29, 0.717) is 16.3 Å². The topological polar surface area (TPSA) is 84.8 Å². The first-order valence-electron chi connectivity index (χ1n) is 6.74. The Bertz CT molecular complexity index is 1040. The van der Waals surface area contributed by atoms with Crippen molar-refractivity contribution < 1.29 is 4.79 Å². The Morgan fingerprint density at radius 3 is 2.38 bits per heavy atom. The summed E-state index contributed by atoms with van der Waals surface area (Å²) >= 11 is 12.0. The van der Waals surface area contributed by atoms with E-state index >= 15 is 0 Å². The van der Waals surface area contributed by atoms with Crippen LogP contribution in [0, 0.1) is 0 Å². The van der Waals surface area contributed by atoms with Crippen molar-refractivity contribution in [3.05, 3.63) is 90.7 Å². The van der Waals surface area contributed by atoms with Crippen LogP contribution in [0.25, 0.3) is 5.69 Å². The number of hydrogen-bond acceptors (Lipinski definition) is 4. The lowest BCUT2D eigenvalue weighted by molar-refractivity contribution is 0.103. The third-order valence-electron chi connectivity index (χ3n) is 3.26. The molecule has 0 fully saturated rings. The molecule has 8 heteroatoms. The Balaban J connectivity index is 2.01. The van der Waals surface area contributed by atoms with Crippen molar-refractivity contribution >= 4 is 29.0 Å². The summed E-state index contributed by atoms with van der Waals surface area (Å²) in [6.45, 7) is 0. The molecule has 0 atom stereocenters. The molecule has 6 nitrogen and oxygen atoms in total. The van der Waals surface area contributed by atoms with E-state index in [1.807, 2.05) is 0 Å². The van der Waals surface area contributed by atoms with Gasteiger partial charge in [-0.2, -0.15) is 9.78 Å². The zero-order valence-electron chi connectivity index (χ0n) is 12.0. The summed E-state index contributed by atoms with van der Waals surface area (Å²) < 4.78 is 0.976. The van der Waals surface area contributed by atoms with E-state index in [2.05, 4.69) is 10.1 Å². The molecule has 0 aliphatic rings. The predicted molar refractivity (Wildman–Crippen MR) is 90.3 cm³/mol. The minimum atomic E-state index is -0.699. The number of nitrogens with one attached hydrogen (secondary N) is 1. The summed E-state index contributed by atoms with van der Waals surface area (Å²) in [6.07, 6.45) is 0.974. The number of H-pyrrole nitrogens is 1. The van der Waals surface area contributed by atoms with Crippen molar-refractivity contribution in [3.8, 4) is 5.69 Å². The quantitative estimate of drug-likeness (QED) is 0.726. The Labute approximate surface area is 145 Å². The van der Waals surface area contributed by atoms with Crippen molar-refractivity contribution in [1.29, 1.82) is 0 Å². The van der Waals surface area contributed by atoms with Crippen LogP contribution in [-0.2, 0) is 0 Å². The number of nitrogens with zero attached hydrogens (tertiary/aromatic N) is 2. The van der Waals surface area contributed by atoms with Gasteiger partial charge in [0.25, 0.3) is 5.56 Å². The number of carbonyl (C=O) groups is 1. The van der Waals surface area contributed by atoms with E-state index < -0.39 is 11.2 Å². The Kier molecular flexibility index (Phi) is 4.33. The van der Waals surface area contributed by atoms with Crippen LogP contribution in [0.2, 0.25) is 10.0 Å². The van der Waals surface area contributed by atoms with Crippen LogP contribution < -0.4 is 11.2 Å². The normalized spacial score (nSPS) is 10.6. The first kappa shape index (κ1) is 16.2. The smallest absolute Gasteiger partial charge is 0.289 e. The predicted octanol–water partition coefficient (Wildman–Crippen LogP) is 2.46. The summed E-state index contributed by atoms with van der Waals surface area (Å²) in [4.78, 5) is 37.4. The third-order valence-corrected chi connectivity index (χ3v) is 3.83. The largest absolute Gasteiger partial charge is 0.349 e. The molecule has 3 rings (SSSR count). The van der Waals surface area contributed by atoms with Gasteiger partial charge in [-0.15, -0.1) is 0 Å². The van der Waals surface area contributed by atoms with Gasteiger partial charge in [-0.05, 0) is 42.5 Å². The lowest BCUT2D eigenvalue weighted by Crippen LogP contribution is -2.30. The molecule has 0 aliphatic carbocycles. The standard InChI is InChI=1S/C16H9Cl2N3O3/c17-10-3-1-9(2-4-10)15(23)12-6-5-11(7-13(12)18)21-16(24)20-14(22)8-19-21/h1-8H,(H,20,22,24). The van der Waals surface area contributed by atoms with Gasteiger partial charge >= 0.3 is 5.69 Å². The molecule has 1 aromatic heterocycles. The third kappa shape index (κ3) is 3.15. The number of halogens is 2. The van der Waals surface area contributed by atoms with Crippen molar-refractivity contribution in [2.75, 3.05) is 0 Å². The molecular weight excluding hydrogens is 353 g/mol. The van der Waals surface area contributed by atoms with Crippen LogP contribution >= 0.6 is 23.2 Å². The second kappa shape index (κ2) is 6.43. The van der Waals surface area contributed by atoms with Gasteiger partial charge in [-0.1, -0.05) is 23.2 Å². The average Bonchev–Trinajstić information content (AvgIpc) is 2.55. The SMILES string of the molecule is O=C(c1ccc(Cl)cc1)c1ccc(-n2ncc(=O)[nH]c2=O)cc1Cl. The highest BCUT2D eigenvalue weighted by Gasteiger charge is 2.14. The second-order valence-corrected chi connectivity index (χ2v) is 5.69. The van der Waals surface area contributed by atoms with Crippen molar-refractivity contribution in [2.24, 2.45) is 0 Å². The highest BCUT2D eigenvalue weighted by molar-refractivity contribution is 6.35. The molecule has 24 heavy (non-hydrogen) atoms. The van der Waals surface area contributed by atoms with Crippen molar-refractivity contribution in [3.63, 3.8) is 0 Å². The summed E-state index contributed by atoms with van der Waals surface area (Å²) in [5, 5.41) is 4.42.